The van der Waals surface area contributed by atoms with Crippen LogP contribution in [0.2, 0.25) is 0 Å². The van der Waals surface area contributed by atoms with Crippen molar-refractivity contribution in [1.82, 2.24) is 21.3 Å². The highest BCUT2D eigenvalue weighted by molar-refractivity contribution is 5.74. The first-order chi connectivity index (χ1) is 14.4. The van der Waals surface area contributed by atoms with Gasteiger partial charge < -0.3 is 40.2 Å². The minimum atomic E-state index is -0.193. The number of urea groups is 2. The van der Waals surface area contributed by atoms with Gasteiger partial charge in [-0.05, 0) is 40.5 Å². The van der Waals surface area contributed by atoms with Crippen LogP contribution in [-0.2, 0) is 18.9 Å². The highest BCUT2D eigenvalue weighted by atomic mass is 16.7. The Morgan fingerprint density at radius 1 is 0.600 bits per heavy atom. The molecule has 0 heterocycles. The fourth-order valence-corrected chi connectivity index (χ4v) is 2.09. The van der Waals surface area contributed by atoms with E-state index in [-0.39, 0.29) is 37.9 Å². The molecule has 178 valence electrons. The molecule has 0 aliphatic carbocycles. The summed E-state index contributed by atoms with van der Waals surface area (Å²) in [7, 11) is 0. The lowest BCUT2D eigenvalue weighted by Gasteiger charge is -2.10. The van der Waals surface area contributed by atoms with Crippen LogP contribution in [-0.4, -0.2) is 77.2 Å². The molecule has 0 aromatic rings. The number of amides is 4. The fourth-order valence-electron chi connectivity index (χ4n) is 2.09. The van der Waals surface area contributed by atoms with Crippen molar-refractivity contribution in [3.63, 3.8) is 0 Å². The number of ether oxygens (including phenoxy) is 4. The van der Waals surface area contributed by atoms with Gasteiger partial charge in [-0.2, -0.15) is 0 Å². The van der Waals surface area contributed by atoms with E-state index in [1.165, 1.54) is 0 Å². The molecular weight excluding hydrogens is 392 g/mol. The Balaban J connectivity index is 3.29. The van der Waals surface area contributed by atoms with Crippen LogP contribution in [0.25, 0.3) is 0 Å². The Kier molecular flexibility index (Phi) is 19.5. The number of rotatable bonds is 19. The Labute approximate surface area is 181 Å². The molecule has 0 spiro atoms. The SMILES string of the molecule is CC(C)OCOCCNC(=O)NCCCCCCNC(=O)NCCOCOC(C)C. The number of carbonyl (C=O) groups is 2. The third-order valence-electron chi connectivity index (χ3n) is 3.71. The maximum absolute atomic E-state index is 11.6. The summed E-state index contributed by atoms with van der Waals surface area (Å²) < 4.78 is 20.9. The summed E-state index contributed by atoms with van der Waals surface area (Å²) in [6.45, 7) is 11.2. The van der Waals surface area contributed by atoms with Crippen LogP contribution in [0.5, 0.6) is 0 Å². The summed E-state index contributed by atoms with van der Waals surface area (Å²) in [5.74, 6) is 0. The highest BCUT2D eigenvalue weighted by Gasteiger charge is 2.01. The van der Waals surface area contributed by atoms with Crippen molar-refractivity contribution >= 4 is 12.1 Å². The third-order valence-corrected chi connectivity index (χ3v) is 3.71. The molecule has 10 nitrogen and oxygen atoms in total. The van der Waals surface area contributed by atoms with Crippen LogP contribution in [0, 0.1) is 0 Å². The molecule has 0 unspecified atom stereocenters. The largest absolute Gasteiger partial charge is 0.354 e. The Morgan fingerprint density at radius 2 is 0.967 bits per heavy atom. The molecular formula is C20H42N4O6. The van der Waals surface area contributed by atoms with Gasteiger partial charge in [0.05, 0.1) is 25.4 Å². The molecule has 0 aromatic heterocycles. The summed E-state index contributed by atoms with van der Waals surface area (Å²) in [6, 6.07) is -0.386. The average Bonchev–Trinajstić information content (AvgIpc) is 2.68. The predicted octanol–water partition coefficient (Wildman–Crippen LogP) is 1.94. The predicted molar refractivity (Wildman–Crippen MR) is 115 cm³/mol. The van der Waals surface area contributed by atoms with E-state index < -0.39 is 0 Å². The van der Waals surface area contributed by atoms with Crippen LogP contribution in [0.4, 0.5) is 9.59 Å². The van der Waals surface area contributed by atoms with Gasteiger partial charge >= 0.3 is 12.1 Å². The molecule has 0 aliphatic heterocycles. The van der Waals surface area contributed by atoms with Gasteiger partial charge in [0.2, 0.25) is 0 Å². The molecule has 0 bridgehead atoms. The minimum Gasteiger partial charge on any atom is -0.354 e. The van der Waals surface area contributed by atoms with Crippen molar-refractivity contribution in [3.05, 3.63) is 0 Å². The third kappa shape index (κ3) is 22.7. The normalized spacial score (nSPS) is 11.0. The molecule has 0 atom stereocenters. The topological polar surface area (TPSA) is 119 Å². The van der Waals surface area contributed by atoms with Crippen LogP contribution in [0.1, 0.15) is 53.4 Å². The van der Waals surface area contributed by atoms with Gasteiger partial charge in [0, 0.05) is 26.2 Å². The molecule has 0 fully saturated rings. The van der Waals surface area contributed by atoms with E-state index in [0.717, 1.165) is 25.7 Å². The zero-order valence-corrected chi connectivity index (χ0v) is 19.1. The van der Waals surface area contributed by atoms with Crippen LogP contribution in [0.3, 0.4) is 0 Å². The number of hydrogen-bond donors (Lipinski definition) is 4. The molecule has 30 heavy (non-hydrogen) atoms. The van der Waals surface area contributed by atoms with Crippen molar-refractivity contribution in [2.45, 2.75) is 65.6 Å². The first-order valence-corrected chi connectivity index (χ1v) is 10.8. The molecule has 4 N–H and O–H groups in total. The maximum Gasteiger partial charge on any atom is 0.314 e. The second-order valence-corrected chi connectivity index (χ2v) is 7.26. The lowest BCUT2D eigenvalue weighted by Crippen LogP contribution is -2.38. The van der Waals surface area contributed by atoms with Crippen LogP contribution < -0.4 is 21.3 Å². The van der Waals surface area contributed by atoms with E-state index in [2.05, 4.69) is 21.3 Å². The van der Waals surface area contributed by atoms with Gasteiger partial charge in [-0.1, -0.05) is 12.8 Å². The van der Waals surface area contributed by atoms with E-state index in [1.54, 1.807) is 0 Å². The van der Waals surface area contributed by atoms with Gasteiger partial charge in [0.15, 0.2) is 0 Å². The molecule has 0 saturated heterocycles. The minimum absolute atomic E-state index is 0.134. The van der Waals surface area contributed by atoms with Gasteiger partial charge in [0.1, 0.15) is 13.6 Å². The lowest BCUT2D eigenvalue weighted by molar-refractivity contribution is -0.0770. The molecule has 10 heteroatoms. The Hall–Kier alpha value is -1.62. The maximum atomic E-state index is 11.6. The first-order valence-electron chi connectivity index (χ1n) is 10.8. The zero-order valence-electron chi connectivity index (χ0n) is 19.1. The van der Waals surface area contributed by atoms with E-state index in [1.807, 2.05) is 27.7 Å². The number of nitrogens with one attached hydrogen (secondary N) is 4. The Morgan fingerprint density at radius 3 is 1.33 bits per heavy atom. The number of unbranched alkanes of at least 4 members (excludes halogenated alkanes) is 3. The zero-order chi connectivity index (χ0) is 22.5. The summed E-state index contributed by atoms with van der Waals surface area (Å²) in [5, 5.41) is 11.1. The number of carbonyl (C=O) groups excluding carboxylic acids is 2. The molecule has 0 radical (unpaired) electrons. The van der Waals surface area contributed by atoms with E-state index in [9.17, 15) is 9.59 Å². The van der Waals surface area contributed by atoms with Crippen molar-refractivity contribution in [1.29, 1.82) is 0 Å². The van der Waals surface area contributed by atoms with Crippen LogP contribution >= 0.6 is 0 Å². The smallest absolute Gasteiger partial charge is 0.314 e. The monoisotopic (exact) mass is 434 g/mol. The van der Waals surface area contributed by atoms with Gasteiger partial charge in [0.25, 0.3) is 0 Å². The molecule has 0 aromatic carbocycles. The van der Waals surface area contributed by atoms with Crippen molar-refractivity contribution in [2.75, 3.05) is 53.0 Å². The van der Waals surface area contributed by atoms with Crippen molar-refractivity contribution < 1.29 is 28.5 Å². The van der Waals surface area contributed by atoms with Gasteiger partial charge in [-0.3, -0.25) is 0 Å². The standard InChI is InChI=1S/C20H42N4O6/c1-17(2)29-15-27-13-11-23-19(25)21-9-7-5-6-8-10-22-20(26)24-12-14-28-16-30-18(3)4/h17-18H,5-16H2,1-4H3,(H2,21,23,25)(H2,22,24,26). The summed E-state index contributed by atoms with van der Waals surface area (Å²) in [5.41, 5.74) is 0. The van der Waals surface area contributed by atoms with Gasteiger partial charge in [-0.25, -0.2) is 9.59 Å². The second kappa shape index (κ2) is 20.6. The average molecular weight is 435 g/mol. The molecule has 0 saturated carbocycles. The molecule has 4 amide bonds. The summed E-state index contributed by atoms with van der Waals surface area (Å²) >= 11 is 0. The lowest BCUT2D eigenvalue weighted by atomic mass is 10.2. The summed E-state index contributed by atoms with van der Waals surface area (Å²) in [4.78, 5) is 23.2. The number of hydrogen-bond acceptors (Lipinski definition) is 6. The summed E-state index contributed by atoms with van der Waals surface area (Å²) in [6.07, 6.45) is 4.04. The second-order valence-electron chi connectivity index (χ2n) is 7.26. The Bertz CT molecular complexity index is 386. The first kappa shape index (κ1) is 28.4. The van der Waals surface area contributed by atoms with Crippen molar-refractivity contribution in [2.24, 2.45) is 0 Å². The quantitative estimate of drug-likeness (QED) is 0.182. The van der Waals surface area contributed by atoms with Gasteiger partial charge in [-0.15, -0.1) is 0 Å². The molecule has 0 aliphatic rings. The molecule has 0 rings (SSSR count). The van der Waals surface area contributed by atoms with Crippen molar-refractivity contribution in [3.8, 4) is 0 Å². The fraction of sp³-hybridized carbons (Fsp3) is 0.900. The van der Waals surface area contributed by atoms with Crippen LogP contribution in [0.15, 0.2) is 0 Å². The van der Waals surface area contributed by atoms with E-state index in [4.69, 9.17) is 18.9 Å². The van der Waals surface area contributed by atoms with E-state index >= 15 is 0 Å². The van der Waals surface area contributed by atoms with E-state index in [0.29, 0.717) is 39.4 Å². The highest BCUT2D eigenvalue weighted by Crippen LogP contribution is 1.97.